The lowest BCUT2D eigenvalue weighted by molar-refractivity contribution is -0.137. The number of halogens is 3. The number of hydrogen-bond donors (Lipinski definition) is 2. The Kier molecular flexibility index (Phi) is 5.19. The van der Waals surface area contributed by atoms with Crippen molar-refractivity contribution >= 4 is 22.4 Å². The van der Waals surface area contributed by atoms with E-state index in [0.717, 1.165) is 30.2 Å². The first-order chi connectivity index (χ1) is 10.8. The van der Waals surface area contributed by atoms with Crippen LogP contribution in [0.2, 0.25) is 0 Å². The molecule has 0 spiro atoms. The fourth-order valence-corrected chi connectivity index (χ4v) is 2.91. The molecule has 9 heteroatoms. The third-order valence-electron chi connectivity index (χ3n) is 3.13. The number of nitrogens with two attached hydrogens (primary N) is 1. The van der Waals surface area contributed by atoms with E-state index >= 15 is 0 Å². The van der Waals surface area contributed by atoms with Crippen molar-refractivity contribution < 1.29 is 13.2 Å². The van der Waals surface area contributed by atoms with Crippen molar-refractivity contribution in [1.82, 2.24) is 10.2 Å². The molecule has 0 aliphatic rings. The van der Waals surface area contributed by atoms with Gasteiger partial charge in [0.25, 0.3) is 0 Å². The van der Waals surface area contributed by atoms with Gasteiger partial charge in [0, 0.05) is 12.1 Å². The second kappa shape index (κ2) is 6.95. The normalized spacial score (nSPS) is 11.5. The summed E-state index contributed by atoms with van der Waals surface area (Å²) in [7, 11) is 0. The number of benzene rings is 1. The Bertz CT molecular complexity index is 683. The lowest BCUT2D eigenvalue weighted by Crippen LogP contribution is -2.37. The predicted octanol–water partition coefficient (Wildman–Crippen LogP) is 3.72. The second-order valence-corrected chi connectivity index (χ2v) is 5.78. The molecule has 0 bridgehead atoms. The number of hydrogen-bond acceptors (Lipinski definition) is 4. The van der Waals surface area contributed by atoms with Gasteiger partial charge in [-0.2, -0.15) is 13.2 Å². The Hall–Kier alpha value is -2.16. The van der Waals surface area contributed by atoms with Crippen LogP contribution in [-0.4, -0.2) is 22.7 Å². The van der Waals surface area contributed by atoms with E-state index in [0.29, 0.717) is 11.7 Å². The van der Waals surface area contributed by atoms with E-state index in [1.54, 1.807) is 0 Å². The molecule has 0 saturated heterocycles. The first-order valence-electron chi connectivity index (χ1n) is 6.96. The molecule has 23 heavy (non-hydrogen) atoms. The molecular formula is C14H16F3N5S. The van der Waals surface area contributed by atoms with Crippen molar-refractivity contribution in [2.75, 3.05) is 11.4 Å². The van der Waals surface area contributed by atoms with Crippen molar-refractivity contribution in [3.8, 4) is 10.6 Å². The molecule has 1 aromatic carbocycles. The number of guanidine groups is 1. The Labute approximate surface area is 135 Å². The fraction of sp³-hybridized carbons (Fsp3) is 0.357. The molecule has 2 aromatic rings. The molecule has 0 aliphatic heterocycles. The van der Waals surface area contributed by atoms with Gasteiger partial charge in [0.1, 0.15) is 5.01 Å². The standard InChI is InChI=1S/C14H16F3N5S/c1-2-3-8-22(12(18)19)13-21-20-11(23-13)9-6-4-5-7-10(9)14(15,16)17/h4-7H,2-3,8H2,1H3,(H3,18,19). The van der Waals surface area contributed by atoms with Gasteiger partial charge >= 0.3 is 6.18 Å². The summed E-state index contributed by atoms with van der Waals surface area (Å²) in [6.45, 7) is 2.46. The van der Waals surface area contributed by atoms with Crippen molar-refractivity contribution in [3.05, 3.63) is 29.8 Å². The van der Waals surface area contributed by atoms with E-state index in [1.165, 1.54) is 23.1 Å². The molecule has 2 rings (SSSR count). The molecule has 1 aromatic heterocycles. The van der Waals surface area contributed by atoms with Gasteiger partial charge in [0.05, 0.1) is 5.56 Å². The molecule has 0 radical (unpaired) electrons. The Balaban J connectivity index is 2.38. The van der Waals surface area contributed by atoms with Crippen LogP contribution in [0, 0.1) is 5.41 Å². The number of anilines is 1. The summed E-state index contributed by atoms with van der Waals surface area (Å²) < 4.78 is 39.3. The molecule has 3 N–H and O–H groups in total. The van der Waals surface area contributed by atoms with Crippen LogP contribution in [0.5, 0.6) is 0 Å². The van der Waals surface area contributed by atoms with Crippen LogP contribution in [0.25, 0.3) is 10.6 Å². The van der Waals surface area contributed by atoms with Gasteiger partial charge in [-0.3, -0.25) is 10.3 Å². The second-order valence-electron chi connectivity index (χ2n) is 4.82. The summed E-state index contributed by atoms with van der Waals surface area (Å²) in [4.78, 5) is 1.45. The Morgan fingerprint density at radius 1 is 1.30 bits per heavy atom. The summed E-state index contributed by atoms with van der Waals surface area (Å²) in [5.74, 6) is -0.203. The topological polar surface area (TPSA) is 78.9 Å². The van der Waals surface area contributed by atoms with Gasteiger partial charge in [-0.1, -0.05) is 42.9 Å². The van der Waals surface area contributed by atoms with Crippen LogP contribution in [0.3, 0.4) is 0 Å². The maximum atomic E-state index is 13.1. The SMILES string of the molecule is CCCCN(C(=N)N)c1nnc(-c2ccccc2C(F)(F)F)s1. The van der Waals surface area contributed by atoms with Gasteiger partial charge in [0.2, 0.25) is 5.13 Å². The molecular weight excluding hydrogens is 327 g/mol. The van der Waals surface area contributed by atoms with Gasteiger partial charge in [-0.05, 0) is 12.5 Å². The van der Waals surface area contributed by atoms with Crippen LogP contribution in [0.15, 0.2) is 24.3 Å². The van der Waals surface area contributed by atoms with E-state index in [-0.39, 0.29) is 16.5 Å². The summed E-state index contributed by atoms with van der Waals surface area (Å²) in [6, 6.07) is 5.22. The Morgan fingerprint density at radius 2 is 2.00 bits per heavy atom. The van der Waals surface area contributed by atoms with Crippen LogP contribution in [0.4, 0.5) is 18.3 Å². The van der Waals surface area contributed by atoms with Crippen molar-refractivity contribution in [2.45, 2.75) is 25.9 Å². The summed E-state index contributed by atoms with van der Waals surface area (Å²) in [6.07, 6.45) is -2.79. The number of rotatable bonds is 5. The maximum absolute atomic E-state index is 13.1. The smallest absolute Gasteiger partial charge is 0.370 e. The molecule has 0 aliphatic carbocycles. The van der Waals surface area contributed by atoms with Crippen LogP contribution < -0.4 is 10.6 Å². The first kappa shape index (κ1) is 17.2. The highest BCUT2D eigenvalue weighted by molar-refractivity contribution is 7.18. The summed E-state index contributed by atoms with van der Waals surface area (Å²) >= 11 is 0.986. The molecule has 0 amide bonds. The number of nitrogens with one attached hydrogen (secondary N) is 1. The number of nitrogens with zero attached hydrogens (tertiary/aromatic N) is 3. The third-order valence-corrected chi connectivity index (χ3v) is 4.11. The predicted molar refractivity (Wildman–Crippen MR) is 84.5 cm³/mol. The average Bonchev–Trinajstić information content (AvgIpc) is 2.96. The highest BCUT2D eigenvalue weighted by atomic mass is 32.1. The monoisotopic (exact) mass is 343 g/mol. The van der Waals surface area contributed by atoms with Crippen LogP contribution in [-0.2, 0) is 6.18 Å². The summed E-state index contributed by atoms with van der Waals surface area (Å²) in [5, 5.41) is 15.8. The highest BCUT2D eigenvalue weighted by Gasteiger charge is 2.34. The minimum Gasteiger partial charge on any atom is -0.370 e. The van der Waals surface area contributed by atoms with E-state index < -0.39 is 11.7 Å². The van der Waals surface area contributed by atoms with Crippen molar-refractivity contribution in [3.63, 3.8) is 0 Å². The van der Waals surface area contributed by atoms with Gasteiger partial charge in [-0.15, -0.1) is 10.2 Å². The average molecular weight is 343 g/mol. The number of aromatic nitrogens is 2. The van der Waals surface area contributed by atoms with Crippen molar-refractivity contribution in [2.24, 2.45) is 5.73 Å². The van der Waals surface area contributed by atoms with E-state index in [9.17, 15) is 13.2 Å². The lowest BCUT2D eigenvalue weighted by Gasteiger charge is -2.18. The number of alkyl halides is 3. The lowest BCUT2D eigenvalue weighted by atomic mass is 10.1. The molecule has 0 saturated carbocycles. The maximum Gasteiger partial charge on any atom is 0.417 e. The van der Waals surface area contributed by atoms with E-state index in [1.807, 2.05) is 6.92 Å². The molecule has 0 unspecified atom stereocenters. The van der Waals surface area contributed by atoms with Gasteiger partial charge < -0.3 is 5.73 Å². The largest absolute Gasteiger partial charge is 0.417 e. The number of unbranched alkanes of at least 4 members (excludes halogenated alkanes) is 1. The van der Waals surface area contributed by atoms with Crippen molar-refractivity contribution in [1.29, 1.82) is 5.41 Å². The Morgan fingerprint density at radius 3 is 2.61 bits per heavy atom. The van der Waals surface area contributed by atoms with E-state index in [4.69, 9.17) is 11.1 Å². The zero-order valence-electron chi connectivity index (χ0n) is 12.4. The molecule has 0 fully saturated rings. The quantitative estimate of drug-likeness (QED) is 0.640. The first-order valence-corrected chi connectivity index (χ1v) is 7.78. The minimum absolute atomic E-state index is 0.0252. The van der Waals surface area contributed by atoms with Crippen LogP contribution in [0.1, 0.15) is 25.3 Å². The minimum atomic E-state index is -4.47. The molecule has 1 heterocycles. The van der Waals surface area contributed by atoms with E-state index in [2.05, 4.69) is 10.2 Å². The van der Waals surface area contributed by atoms with Gasteiger partial charge in [-0.25, -0.2) is 0 Å². The molecule has 124 valence electrons. The third kappa shape index (κ3) is 3.98. The fourth-order valence-electron chi connectivity index (χ4n) is 1.99. The summed E-state index contributed by atoms with van der Waals surface area (Å²) in [5.41, 5.74) is 4.74. The molecule has 0 atom stereocenters. The molecule has 5 nitrogen and oxygen atoms in total. The highest BCUT2D eigenvalue weighted by Crippen LogP contribution is 2.39. The van der Waals surface area contributed by atoms with Crippen LogP contribution >= 0.6 is 11.3 Å². The zero-order chi connectivity index (χ0) is 17.0. The zero-order valence-corrected chi connectivity index (χ0v) is 13.2. The van der Waals surface area contributed by atoms with Gasteiger partial charge in [0.15, 0.2) is 5.96 Å².